The van der Waals surface area contributed by atoms with Crippen LogP contribution in [0.1, 0.15) is 12.5 Å². The highest BCUT2D eigenvalue weighted by Crippen LogP contribution is 2.23. The van der Waals surface area contributed by atoms with Gasteiger partial charge >= 0.3 is 17.7 Å². The molecule has 0 amide bonds. The third-order valence-electron chi connectivity index (χ3n) is 3.42. The molecule has 1 unspecified atom stereocenters. The Kier molecular flexibility index (Phi) is 3.35. The second-order valence-corrected chi connectivity index (χ2v) is 4.93. The van der Waals surface area contributed by atoms with E-state index in [1.54, 1.807) is 0 Å². The summed E-state index contributed by atoms with van der Waals surface area (Å²) in [7, 11) is 0. The number of rotatable bonds is 3. The summed E-state index contributed by atoms with van der Waals surface area (Å²) in [5.41, 5.74) is 0.841. The minimum absolute atomic E-state index is 0.0631. The van der Waals surface area contributed by atoms with Crippen LogP contribution in [0.25, 0.3) is 10.8 Å². The number of cyclic esters (lactones) is 1. The third kappa shape index (κ3) is 2.60. The number of ether oxygens (including phenoxy) is 3. The molecule has 0 N–H and O–H groups in total. The second-order valence-electron chi connectivity index (χ2n) is 4.93. The number of carbonyl (C=O) groups excluding carboxylic acids is 2. The van der Waals surface area contributed by atoms with Crippen molar-refractivity contribution in [2.24, 2.45) is 0 Å². The SMILES string of the molecule is CC1(OC(=O)Cc2cccc3ccccc23)OCOC1=O. The summed E-state index contributed by atoms with van der Waals surface area (Å²) in [5.74, 6) is -2.86. The van der Waals surface area contributed by atoms with Gasteiger partial charge in [-0.1, -0.05) is 42.5 Å². The van der Waals surface area contributed by atoms with Crippen LogP contribution in [0, 0.1) is 0 Å². The number of hydrogen-bond acceptors (Lipinski definition) is 5. The molecule has 0 spiro atoms. The molecule has 1 saturated heterocycles. The number of carbonyl (C=O) groups is 2. The highest BCUT2D eigenvalue weighted by Gasteiger charge is 2.45. The maximum absolute atomic E-state index is 12.1. The van der Waals surface area contributed by atoms with E-state index in [9.17, 15) is 9.59 Å². The molecule has 0 aromatic heterocycles. The van der Waals surface area contributed by atoms with Gasteiger partial charge in [-0.25, -0.2) is 4.79 Å². The van der Waals surface area contributed by atoms with E-state index in [0.717, 1.165) is 16.3 Å². The molecule has 0 aliphatic carbocycles. The van der Waals surface area contributed by atoms with E-state index < -0.39 is 17.7 Å². The van der Waals surface area contributed by atoms with E-state index in [0.29, 0.717) is 0 Å². The van der Waals surface area contributed by atoms with Gasteiger partial charge in [0.15, 0.2) is 6.79 Å². The first-order chi connectivity index (χ1) is 10.1. The monoisotopic (exact) mass is 286 g/mol. The largest absolute Gasteiger partial charge is 0.433 e. The predicted octanol–water partition coefficient (Wildman–Crippen LogP) is 2.17. The molecular formula is C16H14O5. The maximum Gasteiger partial charge on any atom is 0.381 e. The van der Waals surface area contributed by atoms with Gasteiger partial charge in [0.1, 0.15) is 0 Å². The molecule has 1 atom stereocenters. The Morgan fingerprint density at radius 3 is 2.76 bits per heavy atom. The van der Waals surface area contributed by atoms with Crippen molar-refractivity contribution in [3.8, 4) is 0 Å². The fourth-order valence-corrected chi connectivity index (χ4v) is 2.31. The first-order valence-corrected chi connectivity index (χ1v) is 6.58. The first-order valence-electron chi connectivity index (χ1n) is 6.58. The van der Waals surface area contributed by atoms with Crippen LogP contribution in [-0.4, -0.2) is 24.5 Å². The topological polar surface area (TPSA) is 61.8 Å². The number of esters is 2. The van der Waals surface area contributed by atoms with Gasteiger partial charge in [-0.3, -0.25) is 9.53 Å². The zero-order chi connectivity index (χ0) is 14.9. The summed E-state index contributed by atoms with van der Waals surface area (Å²) in [6.45, 7) is 1.18. The van der Waals surface area contributed by atoms with Crippen LogP contribution in [0.4, 0.5) is 0 Å². The lowest BCUT2D eigenvalue weighted by molar-refractivity contribution is -0.204. The van der Waals surface area contributed by atoms with Gasteiger partial charge in [0, 0.05) is 6.92 Å². The Bertz CT molecular complexity index is 703. The number of hydrogen-bond donors (Lipinski definition) is 0. The van der Waals surface area contributed by atoms with Crippen molar-refractivity contribution >= 4 is 22.7 Å². The van der Waals surface area contributed by atoms with Crippen molar-refractivity contribution in [1.82, 2.24) is 0 Å². The van der Waals surface area contributed by atoms with Crippen LogP contribution >= 0.6 is 0 Å². The molecular weight excluding hydrogens is 272 g/mol. The van der Waals surface area contributed by atoms with Gasteiger partial charge in [-0.05, 0) is 16.3 Å². The van der Waals surface area contributed by atoms with Crippen molar-refractivity contribution in [2.45, 2.75) is 19.1 Å². The van der Waals surface area contributed by atoms with E-state index in [1.807, 2.05) is 42.5 Å². The molecule has 3 rings (SSSR count). The van der Waals surface area contributed by atoms with Crippen LogP contribution in [0.3, 0.4) is 0 Å². The molecule has 0 radical (unpaired) electrons. The normalized spacial score (nSPS) is 21.3. The van der Waals surface area contributed by atoms with E-state index in [2.05, 4.69) is 4.74 Å². The minimum atomic E-state index is -1.64. The summed E-state index contributed by atoms with van der Waals surface area (Å²) in [6, 6.07) is 13.5. The second kappa shape index (κ2) is 5.18. The molecule has 0 saturated carbocycles. The Morgan fingerprint density at radius 1 is 1.24 bits per heavy atom. The maximum atomic E-state index is 12.1. The first kappa shape index (κ1) is 13.6. The van der Waals surface area contributed by atoms with Crippen LogP contribution in [0.5, 0.6) is 0 Å². The molecule has 1 aliphatic rings. The summed E-state index contributed by atoms with van der Waals surface area (Å²) in [5, 5.41) is 2.03. The van der Waals surface area contributed by atoms with E-state index in [-0.39, 0.29) is 13.2 Å². The minimum Gasteiger partial charge on any atom is -0.433 e. The Morgan fingerprint density at radius 2 is 2.00 bits per heavy atom. The predicted molar refractivity (Wildman–Crippen MR) is 74.2 cm³/mol. The van der Waals surface area contributed by atoms with Gasteiger partial charge in [0.05, 0.1) is 6.42 Å². The molecule has 0 bridgehead atoms. The van der Waals surface area contributed by atoms with Gasteiger partial charge in [0.25, 0.3) is 0 Å². The molecule has 5 heteroatoms. The zero-order valence-corrected chi connectivity index (χ0v) is 11.5. The lowest BCUT2D eigenvalue weighted by atomic mass is 10.0. The number of benzene rings is 2. The van der Waals surface area contributed by atoms with Crippen molar-refractivity contribution in [2.75, 3.05) is 6.79 Å². The van der Waals surface area contributed by atoms with E-state index in [4.69, 9.17) is 9.47 Å². The Labute approximate surface area is 121 Å². The van der Waals surface area contributed by atoms with Crippen molar-refractivity contribution < 1.29 is 23.8 Å². The average Bonchev–Trinajstić information content (AvgIpc) is 2.78. The molecule has 108 valence electrons. The van der Waals surface area contributed by atoms with E-state index >= 15 is 0 Å². The zero-order valence-electron chi connectivity index (χ0n) is 11.5. The van der Waals surface area contributed by atoms with Gasteiger partial charge in [-0.2, -0.15) is 0 Å². The molecule has 1 heterocycles. The third-order valence-corrected chi connectivity index (χ3v) is 3.42. The molecule has 1 aliphatic heterocycles. The lowest BCUT2D eigenvalue weighted by Gasteiger charge is -2.18. The molecule has 2 aromatic carbocycles. The standard InChI is InChI=1S/C16H14O5/c1-16(15(18)19-10-20-16)21-14(17)9-12-7-4-6-11-5-2-3-8-13(11)12/h2-8H,9-10H2,1H3. The highest BCUT2D eigenvalue weighted by atomic mass is 16.8. The molecule has 2 aromatic rings. The van der Waals surface area contributed by atoms with Gasteiger partial charge < -0.3 is 9.47 Å². The molecule has 21 heavy (non-hydrogen) atoms. The number of fused-ring (bicyclic) bond motifs is 1. The van der Waals surface area contributed by atoms with Crippen LogP contribution < -0.4 is 0 Å². The quantitative estimate of drug-likeness (QED) is 0.809. The van der Waals surface area contributed by atoms with Crippen LogP contribution in [-0.2, 0) is 30.2 Å². The summed E-state index contributed by atoms with van der Waals surface area (Å²) in [4.78, 5) is 23.5. The van der Waals surface area contributed by atoms with Crippen molar-refractivity contribution in [1.29, 1.82) is 0 Å². The van der Waals surface area contributed by atoms with Crippen LogP contribution in [0.15, 0.2) is 42.5 Å². The average molecular weight is 286 g/mol. The van der Waals surface area contributed by atoms with Crippen LogP contribution in [0.2, 0.25) is 0 Å². The smallest absolute Gasteiger partial charge is 0.381 e. The fourth-order valence-electron chi connectivity index (χ4n) is 2.31. The summed E-state index contributed by atoms with van der Waals surface area (Å²) in [6.07, 6.45) is 0.0631. The van der Waals surface area contributed by atoms with Gasteiger partial charge in [-0.15, -0.1) is 0 Å². The van der Waals surface area contributed by atoms with Gasteiger partial charge in [0.2, 0.25) is 0 Å². The molecule has 1 fully saturated rings. The Hall–Kier alpha value is -2.40. The van der Waals surface area contributed by atoms with E-state index in [1.165, 1.54) is 6.92 Å². The lowest BCUT2D eigenvalue weighted by Crippen LogP contribution is -2.38. The molecule has 5 nitrogen and oxygen atoms in total. The summed E-state index contributed by atoms with van der Waals surface area (Å²) < 4.78 is 14.8. The van der Waals surface area contributed by atoms with Crippen molar-refractivity contribution in [3.63, 3.8) is 0 Å². The van der Waals surface area contributed by atoms with Crippen molar-refractivity contribution in [3.05, 3.63) is 48.0 Å². The Balaban J connectivity index is 1.79. The fraction of sp³-hybridized carbons (Fsp3) is 0.250. The summed E-state index contributed by atoms with van der Waals surface area (Å²) >= 11 is 0. The highest BCUT2D eigenvalue weighted by molar-refractivity contribution is 5.90.